The summed E-state index contributed by atoms with van der Waals surface area (Å²) in [4.78, 5) is 11.9. The minimum absolute atomic E-state index is 0.0856. The van der Waals surface area contributed by atoms with E-state index < -0.39 is 5.82 Å². The molecule has 0 saturated heterocycles. The molecule has 0 radical (unpaired) electrons. The van der Waals surface area contributed by atoms with E-state index in [2.05, 4.69) is 5.32 Å². The van der Waals surface area contributed by atoms with E-state index in [1.54, 1.807) is 12.1 Å². The first-order valence-corrected chi connectivity index (χ1v) is 6.49. The van der Waals surface area contributed by atoms with Crippen LogP contribution in [0.4, 0.5) is 4.39 Å². The summed E-state index contributed by atoms with van der Waals surface area (Å²) in [5.74, 6) is -0.325. The first kappa shape index (κ1) is 15.0. The van der Waals surface area contributed by atoms with Crippen LogP contribution in [0, 0.1) is 18.2 Å². The second-order valence-electron chi connectivity index (χ2n) is 5.27. The lowest BCUT2D eigenvalue weighted by Gasteiger charge is -2.23. The van der Waals surface area contributed by atoms with E-state index in [1.165, 1.54) is 6.07 Å². The average Bonchev–Trinajstić information content (AvgIpc) is 2.29. The second-order valence-corrected chi connectivity index (χ2v) is 5.65. The van der Waals surface area contributed by atoms with Gasteiger partial charge in [0.2, 0.25) is 0 Å². The van der Waals surface area contributed by atoms with Crippen LogP contribution in [0.25, 0.3) is 0 Å². The molecule has 0 aliphatic heterocycles. The molecular weight excluding hydrogens is 253 g/mol. The van der Waals surface area contributed by atoms with E-state index in [-0.39, 0.29) is 16.9 Å². The highest BCUT2D eigenvalue weighted by atomic mass is 35.5. The highest BCUT2D eigenvalue weighted by Crippen LogP contribution is 2.20. The highest BCUT2D eigenvalue weighted by molar-refractivity contribution is 6.17. The highest BCUT2D eigenvalue weighted by Gasteiger charge is 2.19. The van der Waals surface area contributed by atoms with Crippen LogP contribution >= 0.6 is 11.6 Å². The Hall–Kier alpha value is -1.09. The van der Waals surface area contributed by atoms with Gasteiger partial charge in [0.15, 0.2) is 0 Å². The number of alkyl halides is 1. The van der Waals surface area contributed by atoms with Crippen molar-refractivity contribution >= 4 is 17.5 Å². The molecule has 0 fully saturated rings. The molecule has 4 heteroatoms. The van der Waals surface area contributed by atoms with Crippen LogP contribution in [0.3, 0.4) is 0 Å². The maximum atomic E-state index is 13.5. The van der Waals surface area contributed by atoms with Crippen LogP contribution in [-0.2, 0) is 0 Å². The summed E-state index contributed by atoms with van der Waals surface area (Å²) in [6.45, 7) is 6.34. The van der Waals surface area contributed by atoms with Gasteiger partial charge in [-0.15, -0.1) is 11.6 Å². The maximum absolute atomic E-state index is 13.5. The molecule has 0 heterocycles. The number of nitrogens with one attached hydrogen (secondary N) is 1. The van der Waals surface area contributed by atoms with E-state index in [0.29, 0.717) is 12.4 Å². The Morgan fingerprint density at radius 1 is 1.44 bits per heavy atom. The Morgan fingerprint density at radius 2 is 2.11 bits per heavy atom. The van der Waals surface area contributed by atoms with Gasteiger partial charge in [0.25, 0.3) is 5.91 Å². The molecule has 1 N–H and O–H groups in total. The fraction of sp³-hybridized carbons (Fsp3) is 0.500. The Labute approximate surface area is 113 Å². The van der Waals surface area contributed by atoms with Gasteiger partial charge in [-0.1, -0.05) is 25.5 Å². The molecule has 1 rings (SSSR count). The van der Waals surface area contributed by atoms with E-state index in [1.807, 2.05) is 20.8 Å². The van der Waals surface area contributed by atoms with Gasteiger partial charge in [-0.2, -0.15) is 0 Å². The summed E-state index contributed by atoms with van der Waals surface area (Å²) in [6, 6.07) is 4.51. The number of hydrogen-bond donors (Lipinski definition) is 1. The predicted octanol–water partition coefficient (Wildman–Crippen LogP) is 3.52. The summed E-state index contributed by atoms with van der Waals surface area (Å²) in [5.41, 5.74) is 0.871. The molecule has 0 atom stereocenters. The molecule has 0 aromatic heterocycles. The Bertz CT molecular complexity index is 432. The number of hydrogen-bond acceptors (Lipinski definition) is 1. The van der Waals surface area contributed by atoms with Gasteiger partial charge in [-0.05, 0) is 30.9 Å². The molecule has 0 unspecified atom stereocenters. The lowest BCUT2D eigenvalue weighted by atomic mass is 9.90. The number of amides is 1. The van der Waals surface area contributed by atoms with Crippen LogP contribution in [0.5, 0.6) is 0 Å². The zero-order valence-corrected chi connectivity index (χ0v) is 11.8. The molecule has 1 amide bonds. The topological polar surface area (TPSA) is 29.1 Å². The van der Waals surface area contributed by atoms with E-state index in [4.69, 9.17) is 11.6 Å². The lowest BCUT2D eigenvalue weighted by molar-refractivity contribution is 0.0931. The lowest BCUT2D eigenvalue weighted by Crippen LogP contribution is -2.34. The Morgan fingerprint density at radius 3 is 2.72 bits per heavy atom. The summed E-state index contributed by atoms with van der Waals surface area (Å²) in [5, 5.41) is 2.75. The largest absolute Gasteiger partial charge is 0.351 e. The third kappa shape index (κ3) is 4.30. The van der Waals surface area contributed by atoms with E-state index in [9.17, 15) is 9.18 Å². The number of carbonyl (C=O) groups excluding carboxylic acids is 1. The quantitative estimate of drug-likeness (QED) is 0.816. The minimum Gasteiger partial charge on any atom is -0.351 e. The van der Waals surface area contributed by atoms with Crippen molar-refractivity contribution < 1.29 is 9.18 Å². The maximum Gasteiger partial charge on any atom is 0.254 e. The molecule has 2 nitrogen and oxygen atoms in total. The van der Waals surface area contributed by atoms with Crippen molar-refractivity contribution in [2.24, 2.45) is 5.41 Å². The van der Waals surface area contributed by atoms with Crippen molar-refractivity contribution in [2.75, 3.05) is 12.4 Å². The average molecular weight is 272 g/mol. The van der Waals surface area contributed by atoms with Gasteiger partial charge in [0.1, 0.15) is 5.82 Å². The number of halogens is 2. The van der Waals surface area contributed by atoms with Crippen molar-refractivity contribution in [1.82, 2.24) is 5.32 Å². The molecule has 0 saturated carbocycles. The molecule has 100 valence electrons. The molecule has 0 bridgehead atoms. The van der Waals surface area contributed by atoms with Crippen LogP contribution < -0.4 is 5.32 Å². The number of aryl methyl sites for hydroxylation is 1. The van der Waals surface area contributed by atoms with Crippen molar-refractivity contribution in [1.29, 1.82) is 0 Å². The molecule has 0 spiro atoms. The van der Waals surface area contributed by atoms with Crippen LogP contribution in [-0.4, -0.2) is 18.3 Å². The zero-order chi connectivity index (χ0) is 13.8. The normalized spacial score (nSPS) is 11.4. The van der Waals surface area contributed by atoms with Crippen molar-refractivity contribution in [3.05, 3.63) is 35.1 Å². The zero-order valence-electron chi connectivity index (χ0n) is 11.0. The number of carbonyl (C=O) groups is 1. The fourth-order valence-corrected chi connectivity index (χ4v) is 2.08. The standard InChI is InChI=1S/C14H19ClFNO/c1-10-4-5-12(16)11(8-10)13(18)17-9-14(2,3)6-7-15/h4-5,8H,6-7,9H2,1-3H3,(H,17,18). The molecule has 18 heavy (non-hydrogen) atoms. The van der Waals surface area contributed by atoms with Crippen LogP contribution in [0.1, 0.15) is 36.2 Å². The first-order valence-electron chi connectivity index (χ1n) is 5.96. The molecule has 1 aromatic carbocycles. The van der Waals surface area contributed by atoms with Gasteiger partial charge in [-0.3, -0.25) is 4.79 Å². The molecule has 0 aliphatic rings. The van der Waals surface area contributed by atoms with Crippen molar-refractivity contribution in [3.63, 3.8) is 0 Å². The molecule has 1 aromatic rings. The van der Waals surface area contributed by atoms with Crippen LogP contribution in [0.2, 0.25) is 0 Å². The Balaban J connectivity index is 2.69. The van der Waals surface area contributed by atoms with Gasteiger partial charge in [0.05, 0.1) is 5.56 Å². The summed E-state index contributed by atoms with van der Waals surface area (Å²) in [6.07, 6.45) is 0.797. The monoisotopic (exact) mass is 271 g/mol. The summed E-state index contributed by atoms with van der Waals surface area (Å²) >= 11 is 5.69. The summed E-state index contributed by atoms with van der Waals surface area (Å²) < 4.78 is 13.5. The van der Waals surface area contributed by atoms with Crippen molar-refractivity contribution in [2.45, 2.75) is 27.2 Å². The second kappa shape index (κ2) is 6.19. The summed E-state index contributed by atoms with van der Waals surface area (Å²) in [7, 11) is 0. The fourth-order valence-electron chi connectivity index (χ4n) is 1.57. The first-order chi connectivity index (χ1) is 8.35. The molecule has 0 aliphatic carbocycles. The predicted molar refractivity (Wildman–Crippen MR) is 72.6 cm³/mol. The molecular formula is C14H19ClFNO. The van der Waals surface area contributed by atoms with E-state index in [0.717, 1.165) is 12.0 Å². The van der Waals surface area contributed by atoms with Crippen molar-refractivity contribution in [3.8, 4) is 0 Å². The van der Waals surface area contributed by atoms with Gasteiger partial charge < -0.3 is 5.32 Å². The number of benzene rings is 1. The SMILES string of the molecule is Cc1ccc(F)c(C(=O)NCC(C)(C)CCCl)c1. The van der Waals surface area contributed by atoms with Gasteiger partial charge in [0, 0.05) is 12.4 Å². The Kier molecular flexibility index (Phi) is 5.15. The smallest absolute Gasteiger partial charge is 0.254 e. The van der Waals surface area contributed by atoms with Crippen LogP contribution in [0.15, 0.2) is 18.2 Å². The third-order valence-corrected chi connectivity index (χ3v) is 3.05. The minimum atomic E-state index is -0.492. The van der Waals surface area contributed by atoms with Gasteiger partial charge in [-0.25, -0.2) is 4.39 Å². The number of rotatable bonds is 5. The third-order valence-electron chi connectivity index (χ3n) is 2.87. The van der Waals surface area contributed by atoms with Gasteiger partial charge >= 0.3 is 0 Å². The van der Waals surface area contributed by atoms with E-state index >= 15 is 0 Å².